The molecule has 0 aliphatic carbocycles. The maximum Gasteiger partial charge on any atom is 0.161 e. The number of nitrogens with zero attached hydrogens (tertiary/aromatic N) is 2. The lowest BCUT2D eigenvalue weighted by atomic mass is 10.0. The molecule has 0 radical (unpaired) electrons. The first-order valence-corrected chi connectivity index (χ1v) is 7.36. The molecule has 0 aliphatic rings. The Labute approximate surface area is 134 Å². The van der Waals surface area contributed by atoms with Crippen LogP contribution in [-0.4, -0.2) is 16.9 Å². The van der Waals surface area contributed by atoms with Gasteiger partial charge in [-0.1, -0.05) is 29.3 Å². The standard InChI is InChI=1S/C14H18Cl2N4O/c1-3-20-14(13(21-2)8-18-20)12(19-17)6-9-4-5-10(15)7-11(9)16/h4-5,7-8,12,19H,3,6,17H2,1-2H3. The summed E-state index contributed by atoms with van der Waals surface area (Å²) in [5, 5.41) is 5.52. The number of ether oxygens (including phenoxy) is 1. The minimum atomic E-state index is -0.166. The van der Waals surface area contributed by atoms with Gasteiger partial charge in [0, 0.05) is 16.6 Å². The van der Waals surface area contributed by atoms with Crippen molar-refractivity contribution in [2.75, 3.05) is 7.11 Å². The van der Waals surface area contributed by atoms with Crippen LogP contribution in [-0.2, 0) is 13.0 Å². The van der Waals surface area contributed by atoms with Crippen molar-refractivity contribution in [3.8, 4) is 5.75 Å². The Bertz CT molecular complexity index is 594. The summed E-state index contributed by atoms with van der Waals surface area (Å²) in [5.41, 5.74) is 4.66. The number of aryl methyl sites for hydroxylation is 1. The zero-order chi connectivity index (χ0) is 15.4. The predicted octanol–water partition coefficient (Wildman–Crippen LogP) is 2.97. The average Bonchev–Trinajstić information content (AvgIpc) is 2.89. The summed E-state index contributed by atoms with van der Waals surface area (Å²) in [6, 6.07) is 5.26. The summed E-state index contributed by atoms with van der Waals surface area (Å²) < 4.78 is 7.22. The van der Waals surface area contributed by atoms with Crippen LogP contribution in [0.5, 0.6) is 5.75 Å². The second-order valence-corrected chi connectivity index (χ2v) is 5.42. The van der Waals surface area contributed by atoms with Gasteiger partial charge in [-0.2, -0.15) is 5.10 Å². The van der Waals surface area contributed by atoms with Crippen molar-refractivity contribution in [3.05, 3.63) is 45.7 Å². The average molecular weight is 329 g/mol. The number of hydrogen-bond acceptors (Lipinski definition) is 4. The van der Waals surface area contributed by atoms with E-state index in [1.54, 1.807) is 19.4 Å². The largest absolute Gasteiger partial charge is 0.493 e. The summed E-state index contributed by atoms with van der Waals surface area (Å²) in [7, 11) is 1.61. The second-order valence-electron chi connectivity index (χ2n) is 4.57. The van der Waals surface area contributed by atoms with Gasteiger partial charge in [0.15, 0.2) is 5.75 Å². The van der Waals surface area contributed by atoms with Gasteiger partial charge in [0.25, 0.3) is 0 Å². The van der Waals surface area contributed by atoms with Gasteiger partial charge in [-0.15, -0.1) is 0 Å². The fourth-order valence-electron chi connectivity index (χ4n) is 2.28. The molecule has 3 N–H and O–H groups in total. The third-order valence-corrected chi connectivity index (χ3v) is 3.92. The van der Waals surface area contributed by atoms with Gasteiger partial charge in [0.2, 0.25) is 0 Å². The van der Waals surface area contributed by atoms with E-state index in [4.69, 9.17) is 33.8 Å². The monoisotopic (exact) mass is 328 g/mol. The number of halogens is 2. The summed E-state index contributed by atoms with van der Waals surface area (Å²) in [6.07, 6.45) is 2.29. The summed E-state index contributed by atoms with van der Waals surface area (Å²) >= 11 is 12.2. The highest BCUT2D eigenvalue weighted by Gasteiger charge is 2.21. The Balaban J connectivity index is 2.34. The van der Waals surface area contributed by atoms with Crippen molar-refractivity contribution < 1.29 is 4.74 Å². The van der Waals surface area contributed by atoms with Crippen LogP contribution in [0.3, 0.4) is 0 Å². The quantitative estimate of drug-likeness (QED) is 0.632. The molecule has 2 rings (SSSR count). The smallest absolute Gasteiger partial charge is 0.161 e. The van der Waals surface area contributed by atoms with Gasteiger partial charge >= 0.3 is 0 Å². The molecule has 0 bridgehead atoms. The van der Waals surface area contributed by atoms with Gasteiger partial charge in [0.05, 0.1) is 25.0 Å². The van der Waals surface area contributed by atoms with E-state index in [2.05, 4.69) is 10.5 Å². The number of hydrogen-bond donors (Lipinski definition) is 2. The van der Waals surface area contributed by atoms with Crippen molar-refractivity contribution in [3.63, 3.8) is 0 Å². The Morgan fingerprint density at radius 1 is 1.43 bits per heavy atom. The molecule has 0 amide bonds. The number of nitrogens with one attached hydrogen (secondary N) is 1. The normalized spacial score (nSPS) is 12.4. The van der Waals surface area contributed by atoms with Crippen LogP contribution in [0.25, 0.3) is 0 Å². The van der Waals surface area contributed by atoms with Crippen LogP contribution in [0, 0.1) is 0 Å². The first-order chi connectivity index (χ1) is 10.1. The van der Waals surface area contributed by atoms with Gasteiger partial charge in [0.1, 0.15) is 0 Å². The lowest BCUT2D eigenvalue weighted by molar-refractivity contribution is 0.391. The van der Waals surface area contributed by atoms with Crippen molar-refractivity contribution in [2.45, 2.75) is 25.9 Å². The predicted molar refractivity (Wildman–Crippen MR) is 84.7 cm³/mol. The molecule has 114 valence electrons. The number of rotatable bonds is 6. The Morgan fingerprint density at radius 3 is 2.76 bits per heavy atom. The molecule has 0 fully saturated rings. The number of benzene rings is 1. The van der Waals surface area contributed by atoms with E-state index in [0.29, 0.717) is 22.2 Å². The first kappa shape index (κ1) is 16.1. The summed E-state index contributed by atoms with van der Waals surface area (Å²) in [4.78, 5) is 0. The van der Waals surface area contributed by atoms with Crippen LogP contribution < -0.4 is 16.0 Å². The summed E-state index contributed by atoms with van der Waals surface area (Å²) in [6.45, 7) is 2.74. The van der Waals surface area contributed by atoms with Gasteiger partial charge < -0.3 is 4.74 Å². The van der Waals surface area contributed by atoms with Crippen LogP contribution in [0.2, 0.25) is 10.0 Å². The van der Waals surface area contributed by atoms with E-state index in [-0.39, 0.29) is 6.04 Å². The molecule has 0 aliphatic heterocycles. The number of aromatic nitrogens is 2. The number of nitrogens with two attached hydrogens (primary N) is 1. The third-order valence-electron chi connectivity index (χ3n) is 3.33. The van der Waals surface area contributed by atoms with E-state index < -0.39 is 0 Å². The molecule has 1 aromatic heterocycles. The number of hydrazine groups is 1. The molecule has 1 heterocycles. The van der Waals surface area contributed by atoms with Crippen molar-refractivity contribution in [2.24, 2.45) is 5.84 Å². The highest BCUT2D eigenvalue weighted by atomic mass is 35.5. The molecule has 1 unspecified atom stereocenters. The molecule has 2 aromatic rings. The number of methoxy groups -OCH3 is 1. The van der Waals surface area contributed by atoms with Gasteiger partial charge in [-0.3, -0.25) is 16.0 Å². The Morgan fingerprint density at radius 2 is 2.19 bits per heavy atom. The Kier molecular flexibility index (Phi) is 5.47. The second kappa shape index (κ2) is 7.13. The lowest BCUT2D eigenvalue weighted by Gasteiger charge is -2.19. The molecule has 0 spiro atoms. The molecular formula is C14H18Cl2N4O. The Hall–Kier alpha value is -1.27. The molecule has 1 aromatic carbocycles. The van der Waals surface area contributed by atoms with Crippen LogP contribution in [0.1, 0.15) is 24.2 Å². The van der Waals surface area contributed by atoms with Crippen molar-refractivity contribution in [1.29, 1.82) is 0 Å². The zero-order valence-corrected chi connectivity index (χ0v) is 13.4. The minimum Gasteiger partial charge on any atom is -0.493 e. The van der Waals surface area contributed by atoms with E-state index in [0.717, 1.165) is 17.8 Å². The maximum atomic E-state index is 6.23. The molecule has 0 saturated heterocycles. The van der Waals surface area contributed by atoms with E-state index in [1.807, 2.05) is 23.7 Å². The SMILES string of the molecule is CCn1ncc(OC)c1C(Cc1ccc(Cl)cc1Cl)NN. The van der Waals surface area contributed by atoms with Crippen LogP contribution in [0.15, 0.2) is 24.4 Å². The lowest BCUT2D eigenvalue weighted by Crippen LogP contribution is -2.31. The molecule has 0 saturated carbocycles. The third kappa shape index (κ3) is 3.49. The van der Waals surface area contributed by atoms with Crippen molar-refractivity contribution >= 4 is 23.2 Å². The van der Waals surface area contributed by atoms with E-state index in [9.17, 15) is 0 Å². The van der Waals surface area contributed by atoms with Gasteiger partial charge in [-0.25, -0.2) is 0 Å². The zero-order valence-electron chi connectivity index (χ0n) is 11.9. The highest BCUT2D eigenvalue weighted by Crippen LogP contribution is 2.30. The van der Waals surface area contributed by atoms with Gasteiger partial charge in [-0.05, 0) is 31.0 Å². The van der Waals surface area contributed by atoms with E-state index >= 15 is 0 Å². The first-order valence-electron chi connectivity index (χ1n) is 6.60. The topological polar surface area (TPSA) is 65.1 Å². The molecular weight excluding hydrogens is 311 g/mol. The van der Waals surface area contributed by atoms with Crippen LogP contribution >= 0.6 is 23.2 Å². The fourth-order valence-corrected chi connectivity index (χ4v) is 2.77. The highest BCUT2D eigenvalue weighted by molar-refractivity contribution is 6.35. The minimum absolute atomic E-state index is 0.166. The van der Waals surface area contributed by atoms with Crippen LogP contribution in [0.4, 0.5) is 0 Å². The molecule has 5 nitrogen and oxygen atoms in total. The fraction of sp³-hybridized carbons (Fsp3) is 0.357. The molecule has 7 heteroatoms. The summed E-state index contributed by atoms with van der Waals surface area (Å²) in [5.74, 6) is 6.42. The van der Waals surface area contributed by atoms with E-state index in [1.165, 1.54) is 0 Å². The molecule has 21 heavy (non-hydrogen) atoms. The maximum absolute atomic E-state index is 6.23. The molecule has 1 atom stereocenters. The van der Waals surface area contributed by atoms with Crippen molar-refractivity contribution in [1.82, 2.24) is 15.2 Å².